The number of H-pyrrole nitrogens is 2. The first-order valence-electron chi connectivity index (χ1n) is 13.6. The van der Waals surface area contributed by atoms with Crippen LogP contribution in [0.2, 0.25) is 0 Å². The van der Waals surface area contributed by atoms with Gasteiger partial charge in [0.2, 0.25) is 0 Å². The average Bonchev–Trinajstić information content (AvgIpc) is 3.73. The second-order valence-electron chi connectivity index (χ2n) is 11.0. The lowest BCUT2D eigenvalue weighted by atomic mass is 9.75. The molecule has 5 heteroatoms. The standard InChI is InChI=1S/C30H35N5/c1-4-16-32-25(5-1)29-33-18-26(35-29)21-8-6-20(7-9-21)22-10-11-23(27-17-31-19-34-27)24-12-15-30(28(22)24)13-2-3-14-30/h6,8,10-11,17-19,25,32H,1-5,7,9,12-16H2,(H,31,34)(H,33,35). The zero-order chi connectivity index (χ0) is 23.2. The molecule has 35 heavy (non-hydrogen) atoms. The van der Waals surface area contributed by atoms with Gasteiger partial charge in [-0.3, -0.25) is 0 Å². The number of hydrogen-bond donors (Lipinski definition) is 3. The van der Waals surface area contributed by atoms with Crippen molar-refractivity contribution in [2.45, 2.75) is 82.1 Å². The molecule has 1 unspecified atom stereocenters. The summed E-state index contributed by atoms with van der Waals surface area (Å²) in [6, 6.07) is 5.13. The Morgan fingerprint density at radius 1 is 0.829 bits per heavy atom. The van der Waals surface area contributed by atoms with Crippen molar-refractivity contribution in [1.82, 2.24) is 25.3 Å². The molecule has 3 heterocycles. The van der Waals surface area contributed by atoms with E-state index in [-0.39, 0.29) is 0 Å². The molecule has 2 fully saturated rings. The van der Waals surface area contributed by atoms with Gasteiger partial charge in [-0.05, 0) is 91.2 Å². The molecule has 1 aliphatic heterocycles. The molecule has 1 aromatic carbocycles. The fourth-order valence-electron chi connectivity index (χ4n) is 7.33. The number of aromatic amines is 2. The number of rotatable bonds is 4. The van der Waals surface area contributed by atoms with Crippen molar-refractivity contribution in [1.29, 1.82) is 0 Å². The maximum Gasteiger partial charge on any atom is 0.123 e. The fraction of sp³-hybridized carbons (Fsp3) is 0.467. The van der Waals surface area contributed by atoms with E-state index in [1.165, 1.54) is 85.8 Å². The molecule has 0 radical (unpaired) electrons. The molecule has 1 saturated carbocycles. The molecule has 3 aliphatic carbocycles. The number of benzene rings is 1. The molecule has 3 N–H and O–H groups in total. The van der Waals surface area contributed by atoms with E-state index in [4.69, 9.17) is 4.98 Å². The zero-order valence-electron chi connectivity index (χ0n) is 20.5. The van der Waals surface area contributed by atoms with Gasteiger partial charge in [-0.25, -0.2) is 9.97 Å². The van der Waals surface area contributed by atoms with E-state index < -0.39 is 0 Å². The molecule has 1 spiro atoms. The van der Waals surface area contributed by atoms with Crippen LogP contribution in [0, 0.1) is 0 Å². The molecule has 0 bridgehead atoms. The maximum atomic E-state index is 4.73. The van der Waals surface area contributed by atoms with Crippen LogP contribution in [0.1, 0.15) is 98.5 Å². The van der Waals surface area contributed by atoms with Crippen LogP contribution in [0.4, 0.5) is 0 Å². The predicted molar refractivity (Wildman–Crippen MR) is 141 cm³/mol. The first-order valence-corrected chi connectivity index (χ1v) is 13.6. The highest BCUT2D eigenvalue weighted by atomic mass is 15.0. The number of hydrogen-bond acceptors (Lipinski definition) is 3. The first kappa shape index (κ1) is 21.4. The molecule has 1 saturated heterocycles. The van der Waals surface area contributed by atoms with Gasteiger partial charge in [-0.2, -0.15) is 0 Å². The van der Waals surface area contributed by atoms with Crippen molar-refractivity contribution in [3.63, 3.8) is 0 Å². The Kier molecular flexibility index (Phi) is 5.27. The number of nitrogens with one attached hydrogen (secondary N) is 3. The summed E-state index contributed by atoms with van der Waals surface area (Å²) in [4.78, 5) is 16.0. The highest BCUT2D eigenvalue weighted by Gasteiger charge is 2.43. The van der Waals surface area contributed by atoms with Crippen molar-refractivity contribution in [2.24, 2.45) is 0 Å². The summed E-state index contributed by atoms with van der Waals surface area (Å²) in [6.07, 6.45) is 24.4. The fourth-order valence-corrected chi connectivity index (χ4v) is 7.33. The highest BCUT2D eigenvalue weighted by molar-refractivity contribution is 5.82. The SMILES string of the molecule is C1=C(c2cnc(C3CCCCN3)[nH]2)CCC(c2ccc(-c3cnc[nH]3)c3c2C2(CCCC2)CC3)=C1. The topological polar surface area (TPSA) is 69.4 Å². The molecule has 7 rings (SSSR count). The minimum absolute atomic E-state index is 0.381. The Balaban J connectivity index is 1.23. The largest absolute Gasteiger partial charge is 0.345 e. The van der Waals surface area contributed by atoms with Gasteiger partial charge in [0, 0.05) is 5.56 Å². The predicted octanol–water partition coefficient (Wildman–Crippen LogP) is 6.63. The van der Waals surface area contributed by atoms with Gasteiger partial charge < -0.3 is 15.3 Å². The number of imidazole rings is 2. The molecule has 0 amide bonds. The summed E-state index contributed by atoms with van der Waals surface area (Å²) < 4.78 is 0. The normalized spacial score (nSPS) is 23.4. The second-order valence-corrected chi connectivity index (χ2v) is 11.0. The average molecular weight is 466 g/mol. The maximum absolute atomic E-state index is 4.73. The van der Waals surface area contributed by atoms with Gasteiger partial charge in [-0.15, -0.1) is 0 Å². The first-order chi connectivity index (χ1) is 17.3. The molecular formula is C30H35N5. The van der Waals surface area contributed by atoms with E-state index in [9.17, 15) is 0 Å². The third-order valence-corrected chi connectivity index (χ3v) is 9.12. The number of fused-ring (bicyclic) bond motifs is 2. The molecular weight excluding hydrogens is 430 g/mol. The Hall–Kier alpha value is -2.92. The molecule has 4 aliphatic rings. The van der Waals surface area contributed by atoms with Crippen molar-refractivity contribution in [3.05, 3.63) is 71.2 Å². The summed E-state index contributed by atoms with van der Waals surface area (Å²) in [5.74, 6) is 1.10. The van der Waals surface area contributed by atoms with Crippen LogP contribution in [-0.4, -0.2) is 26.5 Å². The zero-order valence-corrected chi connectivity index (χ0v) is 20.5. The van der Waals surface area contributed by atoms with Crippen LogP contribution in [0.3, 0.4) is 0 Å². The second kappa shape index (κ2) is 8.63. The lowest BCUT2D eigenvalue weighted by molar-refractivity contribution is 0.399. The van der Waals surface area contributed by atoms with Gasteiger partial charge in [0.25, 0.3) is 0 Å². The number of allylic oxidation sites excluding steroid dienone is 4. The van der Waals surface area contributed by atoms with Gasteiger partial charge in [-0.1, -0.05) is 43.5 Å². The van der Waals surface area contributed by atoms with E-state index in [2.05, 4.69) is 44.6 Å². The smallest absolute Gasteiger partial charge is 0.123 e. The summed E-state index contributed by atoms with van der Waals surface area (Å²) >= 11 is 0. The Bertz CT molecular complexity index is 1280. The minimum atomic E-state index is 0.381. The number of aromatic nitrogens is 4. The van der Waals surface area contributed by atoms with E-state index >= 15 is 0 Å². The molecule has 3 aromatic rings. The van der Waals surface area contributed by atoms with Gasteiger partial charge in [0.15, 0.2) is 0 Å². The summed E-state index contributed by atoms with van der Waals surface area (Å²) in [5.41, 5.74) is 11.7. The molecule has 1 atom stereocenters. The van der Waals surface area contributed by atoms with Crippen LogP contribution in [0.25, 0.3) is 22.4 Å². The summed E-state index contributed by atoms with van der Waals surface area (Å²) in [7, 11) is 0. The lowest BCUT2D eigenvalue weighted by Gasteiger charge is -2.29. The Morgan fingerprint density at radius 2 is 1.69 bits per heavy atom. The Morgan fingerprint density at radius 3 is 2.46 bits per heavy atom. The van der Waals surface area contributed by atoms with E-state index in [0.29, 0.717) is 11.5 Å². The van der Waals surface area contributed by atoms with E-state index in [1.54, 1.807) is 17.5 Å². The minimum Gasteiger partial charge on any atom is -0.345 e. The van der Waals surface area contributed by atoms with E-state index in [0.717, 1.165) is 30.9 Å². The number of piperidine rings is 1. The molecule has 180 valence electrons. The van der Waals surface area contributed by atoms with Crippen molar-refractivity contribution in [2.75, 3.05) is 6.54 Å². The summed E-state index contributed by atoms with van der Waals surface area (Å²) in [5, 5.41) is 3.61. The van der Waals surface area contributed by atoms with Crippen molar-refractivity contribution >= 4 is 11.1 Å². The van der Waals surface area contributed by atoms with Gasteiger partial charge in [0.1, 0.15) is 5.82 Å². The van der Waals surface area contributed by atoms with Crippen LogP contribution in [0.5, 0.6) is 0 Å². The summed E-state index contributed by atoms with van der Waals surface area (Å²) in [6.45, 7) is 1.10. The quantitative estimate of drug-likeness (QED) is 0.405. The van der Waals surface area contributed by atoms with Crippen LogP contribution in [-0.2, 0) is 11.8 Å². The highest BCUT2D eigenvalue weighted by Crippen LogP contribution is 2.54. The third kappa shape index (κ3) is 3.63. The molecule has 5 nitrogen and oxygen atoms in total. The monoisotopic (exact) mass is 465 g/mol. The van der Waals surface area contributed by atoms with Crippen LogP contribution < -0.4 is 5.32 Å². The van der Waals surface area contributed by atoms with E-state index in [1.807, 2.05) is 12.4 Å². The van der Waals surface area contributed by atoms with Gasteiger partial charge in [0.05, 0.1) is 36.2 Å². The Labute approximate surface area is 207 Å². The molecule has 2 aromatic heterocycles. The van der Waals surface area contributed by atoms with Crippen LogP contribution in [0.15, 0.2) is 43.0 Å². The van der Waals surface area contributed by atoms with Crippen molar-refractivity contribution < 1.29 is 0 Å². The van der Waals surface area contributed by atoms with Gasteiger partial charge >= 0.3 is 0 Å². The third-order valence-electron chi connectivity index (χ3n) is 9.12. The number of nitrogens with zero attached hydrogens (tertiary/aromatic N) is 2. The lowest BCUT2D eigenvalue weighted by Crippen LogP contribution is -2.27. The van der Waals surface area contributed by atoms with Crippen molar-refractivity contribution in [3.8, 4) is 11.3 Å². The van der Waals surface area contributed by atoms with Crippen LogP contribution >= 0.6 is 0 Å².